The van der Waals surface area contributed by atoms with Gasteiger partial charge < -0.3 is 20.1 Å². The first-order chi connectivity index (χ1) is 12.1. The standard InChI is InChI=1S/C19H32FN3O2/c1-16(2)15-24-13-6-12-23-19(21-3)22-11-4-5-14-25-18-9-7-17(20)8-10-18/h7-10,16H,4-6,11-15H2,1-3H3,(H2,21,22,23). The second-order valence-electron chi connectivity index (χ2n) is 6.26. The minimum absolute atomic E-state index is 0.248. The predicted octanol–water partition coefficient (Wildman–Crippen LogP) is 3.21. The Morgan fingerprint density at radius 2 is 1.72 bits per heavy atom. The number of nitrogens with zero attached hydrogens (tertiary/aromatic N) is 1. The molecule has 0 spiro atoms. The van der Waals surface area contributed by atoms with Gasteiger partial charge in [0.1, 0.15) is 11.6 Å². The van der Waals surface area contributed by atoms with E-state index in [0.29, 0.717) is 18.3 Å². The van der Waals surface area contributed by atoms with Crippen molar-refractivity contribution in [3.63, 3.8) is 0 Å². The Morgan fingerprint density at radius 1 is 1.04 bits per heavy atom. The van der Waals surface area contributed by atoms with E-state index in [2.05, 4.69) is 29.5 Å². The molecule has 142 valence electrons. The summed E-state index contributed by atoms with van der Waals surface area (Å²) in [6, 6.07) is 6.09. The third-order valence-corrected chi connectivity index (χ3v) is 3.38. The van der Waals surface area contributed by atoms with Crippen molar-refractivity contribution in [1.29, 1.82) is 0 Å². The van der Waals surface area contributed by atoms with Gasteiger partial charge in [0.15, 0.2) is 5.96 Å². The van der Waals surface area contributed by atoms with Crippen LogP contribution in [0.4, 0.5) is 4.39 Å². The smallest absolute Gasteiger partial charge is 0.190 e. The summed E-state index contributed by atoms with van der Waals surface area (Å²) in [5.74, 6) is 1.84. The van der Waals surface area contributed by atoms with Gasteiger partial charge in [-0.15, -0.1) is 0 Å². The largest absolute Gasteiger partial charge is 0.494 e. The summed E-state index contributed by atoms with van der Waals surface area (Å²) in [5, 5.41) is 6.55. The van der Waals surface area contributed by atoms with Gasteiger partial charge in [-0.05, 0) is 49.4 Å². The highest BCUT2D eigenvalue weighted by Gasteiger charge is 1.99. The first-order valence-corrected chi connectivity index (χ1v) is 9.02. The van der Waals surface area contributed by atoms with Gasteiger partial charge in [-0.3, -0.25) is 4.99 Å². The number of benzene rings is 1. The van der Waals surface area contributed by atoms with Crippen molar-refractivity contribution in [1.82, 2.24) is 10.6 Å². The van der Waals surface area contributed by atoms with Crippen LogP contribution >= 0.6 is 0 Å². The molecule has 6 heteroatoms. The molecule has 0 bridgehead atoms. The number of unbranched alkanes of at least 4 members (excludes halogenated alkanes) is 1. The summed E-state index contributed by atoms with van der Waals surface area (Å²) < 4.78 is 23.9. The second-order valence-corrected chi connectivity index (χ2v) is 6.26. The van der Waals surface area contributed by atoms with E-state index in [1.54, 1.807) is 19.2 Å². The summed E-state index contributed by atoms with van der Waals surface area (Å²) in [6.45, 7) is 8.16. The van der Waals surface area contributed by atoms with Gasteiger partial charge in [-0.1, -0.05) is 13.8 Å². The highest BCUT2D eigenvalue weighted by molar-refractivity contribution is 5.79. The van der Waals surface area contributed by atoms with Crippen LogP contribution < -0.4 is 15.4 Å². The molecular weight excluding hydrogens is 321 g/mol. The number of hydrogen-bond acceptors (Lipinski definition) is 3. The number of hydrogen-bond donors (Lipinski definition) is 2. The Kier molecular flexibility index (Phi) is 11.4. The van der Waals surface area contributed by atoms with Crippen LogP contribution in [0, 0.1) is 11.7 Å². The molecule has 0 aliphatic rings. The summed E-state index contributed by atoms with van der Waals surface area (Å²) in [4.78, 5) is 4.19. The molecule has 0 saturated heterocycles. The Hall–Kier alpha value is -1.82. The number of nitrogens with one attached hydrogen (secondary N) is 2. The van der Waals surface area contributed by atoms with Crippen molar-refractivity contribution < 1.29 is 13.9 Å². The molecule has 0 saturated carbocycles. The van der Waals surface area contributed by atoms with Crippen molar-refractivity contribution in [2.45, 2.75) is 33.1 Å². The van der Waals surface area contributed by atoms with E-state index in [-0.39, 0.29) is 5.82 Å². The van der Waals surface area contributed by atoms with Gasteiger partial charge in [0.25, 0.3) is 0 Å². The average molecular weight is 353 g/mol. The van der Waals surface area contributed by atoms with Crippen LogP contribution in [0.3, 0.4) is 0 Å². The quantitative estimate of drug-likeness (QED) is 0.344. The van der Waals surface area contributed by atoms with Crippen LogP contribution in [0.2, 0.25) is 0 Å². The molecule has 0 aliphatic carbocycles. The van der Waals surface area contributed by atoms with Crippen molar-refractivity contribution in [2.24, 2.45) is 10.9 Å². The zero-order valence-electron chi connectivity index (χ0n) is 15.7. The van der Waals surface area contributed by atoms with E-state index in [4.69, 9.17) is 9.47 Å². The Bertz CT molecular complexity index is 478. The SMILES string of the molecule is CN=C(NCCCCOc1ccc(F)cc1)NCCCOCC(C)C. The molecule has 5 nitrogen and oxygen atoms in total. The first-order valence-electron chi connectivity index (χ1n) is 9.02. The van der Waals surface area contributed by atoms with E-state index in [0.717, 1.165) is 51.5 Å². The molecule has 0 unspecified atom stereocenters. The van der Waals surface area contributed by atoms with Gasteiger partial charge in [0.2, 0.25) is 0 Å². The molecular formula is C19H32FN3O2. The lowest BCUT2D eigenvalue weighted by Gasteiger charge is -2.12. The van der Waals surface area contributed by atoms with Gasteiger partial charge in [0.05, 0.1) is 6.61 Å². The summed E-state index contributed by atoms with van der Waals surface area (Å²) in [6.07, 6.45) is 2.85. The van der Waals surface area contributed by atoms with Gasteiger partial charge >= 0.3 is 0 Å². The molecule has 0 fully saturated rings. The Morgan fingerprint density at radius 3 is 2.36 bits per heavy atom. The lowest BCUT2D eigenvalue weighted by atomic mass is 10.2. The molecule has 1 aromatic rings. The van der Waals surface area contributed by atoms with Gasteiger partial charge in [-0.2, -0.15) is 0 Å². The van der Waals surface area contributed by atoms with Crippen molar-refractivity contribution >= 4 is 5.96 Å². The predicted molar refractivity (Wildman–Crippen MR) is 101 cm³/mol. The number of ether oxygens (including phenoxy) is 2. The maximum absolute atomic E-state index is 12.8. The molecule has 25 heavy (non-hydrogen) atoms. The van der Waals surface area contributed by atoms with Crippen molar-refractivity contribution in [3.05, 3.63) is 30.1 Å². The van der Waals surface area contributed by atoms with Crippen LogP contribution in [-0.2, 0) is 4.74 Å². The van der Waals surface area contributed by atoms with Gasteiger partial charge in [0, 0.05) is 33.4 Å². The number of aliphatic imine (C=N–C) groups is 1. The molecule has 0 aromatic heterocycles. The molecule has 0 amide bonds. The van der Waals surface area contributed by atoms with Crippen LogP contribution in [0.1, 0.15) is 33.1 Å². The highest BCUT2D eigenvalue weighted by Crippen LogP contribution is 2.11. The third kappa shape index (κ3) is 11.4. The maximum Gasteiger partial charge on any atom is 0.190 e. The Labute approximate surface area is 151 Å². The van der Waals surface area contributed by atoms with Crippen molar-refractivity contribution in [3.8, 4) is 5.75 Å². The normalized spacial score (nSPS) is 11.6. The number of rotatable bonds is 12. The minimum atomic E-state index is -0.248. The van der Waals surface area contributed by atoms with Crippen LogP contribution in [0.5, 0.6) is 5.75 Å². The summed E-state index contributed by atoms with van der Waals surface area (Å²) >= 11 is 0. The first kappa shape index (κ1) is 21.2. The molecule has 2 N–H and O–H groups in total. The molecule has 1 rings (SSSR count). The Balaban J connectivity index is 1.98. The van der Waals surface area contributed by atoms with Crippen LogP contribution in [0.25, 0.3) is 0 Å². The summed E-state index contributed by atoms with van der Waals surface area (Å²) in [5.41, 5.74) is 0. The minimum Gasteiger partial charge on any atom is -0.494 e. The highest BCUT2D eigenvalue weighted by atomic mass is 19.1. The summed E-state index contributed by atoms with van der Waals surface area (Å²) in [7, 11) is 1.77. The average Bonchev–Trinajstić information content (AvgIpc) is 2.60. The fourth-order valence-corrected chi connectivity index (χ4v) is 2.08. The molecule has 0 heterocycles. The maximum atomic E-state index is 12.8. The van der Waals surface area contributed by atoms with E-state index >= 15 is 0 Å². The molecule has 0 radical (unpaired) electrons. The van der Waals surface area contributed by atoms with Crippen molar-refractivity contribution in [2.75, 3.05) is 40.0 Å². The topological polar surface area (TPSA) is 54.9 Å². The van der Waals surface area contributed by atoms with E-state index < -0.39 is 0 Å². The molecule has 1 aromatic carbocycles. The van der Waals surface area contributed by atoms with Crippen LogP contribution in [-0.4, -0.2) is 45.9 Å². The van der Waals surface area contributed by atoms with E-state index in [9.17, 15) is 4.39 Å². The van der Waals surface area contributed by atoms with Gasteiger partial charge in [-0.25, -0.2) is 4.39 Å². The third-order valence-electron chi connectivity index (χ3n) is 3.38. The zero-order chi connectivity index (χ0) is 18.3. The molecule has 0 aliphatic heterocycles. The van der Waals surface area contributed by atoms with E-state index in [1.807, 2.05) is 0 Å². The van der Waals surface area contributed by atoms with E-state index in [1.165, 1.54) is 12.1 Å². The van der Waals surface area contributed by atoms with Crippen LogP contribution in [0.15, 0.2) is 29.3 Å². The second kappa shape index (κ2) is 13.5. The number of guanidine groups is 1. The lowest BCUT2D eigenvalue weighted by Crippen LogP contribution is -2.38. The number of halogens is 1. The lowest BCUT2D eigenvalue weighted by molar-refractivity contribution is 0.108. The fraction of sp³-hybridized carbons (Fsp3) is 0.632. The zero-order valence-corrected chi connectivity index (χ0v) is 15.7. The molecule has 0 atom stereocenters. The monoisotopic (exact) mass is 353 g/mol. The fourth-order valence-electron chi connectivity index (χ4n) is 2.08.